The monoisotopic (exact) mass is 386 g/mol. The fourth-order valence-electron chi connectivity index (χ4n) is 2.75. The molecule has 1 atom stereocenters. The topological polar surface area (TPSA) is 89.7 Å². The quantitative estimate of drug-likeness (QED) is 0.759. The van der Waals surface area contributed by atoms with E-state index in [9.17, 15) is 4.79 Å². The molecule has 1 aliphatic heterocycles. The van der Waals surface area contributed by atoms with Crippen LogP contribution < -0.4 is 15.8 Å². The van der Waals surface area contributed by atoms with E-state index in [-0.39, 0.29) is 17.1 Å². The maximum Gasteiger partial charge on any atom is 0.254 e. The summed E-state index contributed by atoms with van der Waals surface area (Å²) in [7, 11) is 0. The van der Waals surface area contributed by atoms with Gasteiger partial charge in [0, 0.05) is 23.5 Å². The van der Waals surface area contributed by atoms with Gasteiger partial charge in [-0.15, -0.1) is 0 Å². The van der Waals surface area contributed by atoms with E-state index in [1.807, 2.05) is 19.1 Å². The van der Waals surface area contributed by atoms with Gasteiger partial charge in [0.15, 0.2) is 5.11 Å². The summed E-state index contributed by atoms with van der Waals surface area (Å²) in [4.78, 5) is 18.7. The van der Waals surface area contributed by atoms with Gasteiger partial charge in [-0.05, 0) is 55.5 Å². The van der Waals surface area contributed by atoms with E-state index in [2.05, 4.69) is 10.3 Å². The Bertz CT molecular complexity index is 796. The van der Waals surface area contributed by atoms with Crippen LogP contribution in [0.25, 0.3) is 0 Å². The molecule has 142 valence electrons. The third kappa shape index (κ3) is 5.38. The number of ether oxygens (including phenoxy) is 2. The first-order valence-electron chi connectivity index (χ1n) is 8.64. The smallest absolute Gasteiger partial charge is 0.254 e. The minimum atomic E-state index is -0.181. The number of nitrogens with two attached hydrogens (primary N) is 1. The van der Waals surface area contributed by atoms with Crippen LogP contribution in [0, 0.1) is 6.92 Å². The number of pyridine rings is 1. The van der Waals surface area contributed by atoms with Crippen LogP contribution in [0.5, 0.6) is 5.75 Å². The summed E-state index contributed by atoms with van der Waals surface area (Å²) >= 11 is 4.81. The van der Waals surface area contributed by atoms with Crippen molar-refractivity contribution in [2.24, 2.45) is 5.73 Å². The molecule has 0 radical (unpaired) electrons. The van der Waals surface area contributed by atoms with Crippen LogP contribution in [0.4, 0.5) is 5.69 Å². The van der Waals surface area contributed by atoms with Crippen LogP contribution >= 0.6 is 12.2 Å². The molecule has 1 aromatic heterocycles. The van der Waals surface area contributed by atoms with E-state index in [0.717, 1.165) is 11.4 Å². The van der Waals surface area contributed by atoms with Gasteiger partial charge in [0.05, 0.1) is 19.3 Å². The largest absolute Gasteiger partial charge is 0.489 e. The molecule has 1 aliphatic rings. The first-order valence-corrected chi connectivity index (χ1v) is 9.05. The summed E-state index contributed by atoms with van der Waals surface area (Å²) in [5.41, 5.74) is 7.73. The number of anilines is 1. The van der Waals surface area contributed by atoms with Gasteiger partial charge in [-0.2, -0.15) is 0 Å². The molecule has 1 amide bonds. The number of benzene rings is 1. The molecular weight excluding hydrogens is 364 g/mol. The molecule has 27 heavy (non-hydrogen) atoms. The molecule has 3 rings (SSSR count). The summed E-state index contributed by atoms with van der Waals surface area (Å²) in [6, 6.07) is 10.8. The molecule has 2 heterocycles. The Morgan fingerprint density at radius 3 is 2.81 bits per heavy atom. The highest BCUT2D eigenvalue weighted by Crippen LogP contribution is 2.15. The molecule has 3 N–H and O–H groups in total. The van der Waals surface area contributed by atoms with E-state index < -0.39 is 0 Å². The second-order valence-corrected chi connectivity index (χ2v) is 6.70. The van der Waals surface area contributed by atoms with Gasteiger partial charge in [-0.25, -0.2) is 0 Å². The van der Waals surface area contributed by atoms with Crippen LogP contribution in [0.3, 0.4) is 0 Å². The van der Waals surface area contributed by atoms with Crippen LogP contribution in [0.15, 0.2) is 42.6 Å². The summed E-state index contributed by atoms with van der Waals surface area (Å²) in [5.74, 6) is 0.649. The third-order valence-electron chi connectivity index (χ3n) is 4.15. The summed E-state index contributed by atoms with van der Waals surface area (Å²) in [6.07, 6.45) is 1.50. The van der Waals surface area contributed by atoms with Crippen molar-refractivity contribution in [3.8, 4) is 5.75 Å². The van der Waals surface area contributed by atoms with Crippen molar-refractivity contribution in [3.63, 3.8) is 0 Å². The van der Waals surface area contributed by atoms with Crippen LogP contribution in [0.2, 0.25) is 0 Å². The molecule has 8 heteroatoms. The fraction of sp³-hybridized carbons (Fsp3) is 0.316. The Morgan fingerprint density at radius 1 is 1.37 bits per heavy atom. The number of aryl methyl sites for hydroxylation is 1. The highest BCUT2D eigenvalue weighted by Gasteiger charge is 2.25. The molecule has 1 fully saturated rings. The fourth-order valence-corrected chi connectivity index (χ4v) is 2.87. The highest BCUT2D eigenvalue weighted by molar-refractivity contribution is 7.80. The van der Waals surface area contributed by atoms with E-state index in [0.29, 0.717) is 37.6 Å². The molecule has 0 saturated carbocycles. The molecule has 1 aromatic carbocycles. The second kappa shape index (κ2) is 8.79. The maximum absolute atomic E-state index is 12.7. The third-order valence-corrected chi connectivity index (χ3v) is 4.25. The Labute approximate surface area is 163 Å². The zero-order chi connectivity index (χ0) is 19.2. The van der Waals surface area contributed by atoms with Gasteiger partial charge < -0.3 is 25.4 Å². The number of nitrogens with zero attached hydrogens (tertiary/aromatic N) is 2. The van der Waals surface area contributed by atoms with Gasteiger partial charge in [0.25, 0.3) is 5.91 Å². The predicted molar refractivity (Wildman–Crippen MR) is 107 cm³/mol. The van der Waals surface area contributed by atoms with Crippen molar-refractivity contribution < 1.29 is 14.3 Å². The molecule has 0 aliphatic carbocycles. The number of amides is 1. The molecule has 2 aromatic rings. The van der Waals surface area contributed by atoms with E-state index in [1.165, 1.54) is 0 Å². The number of aromatic nitrogens is 1. The number of carbonyl (C=O) groups excluding carboxylic acids is 1. The lowest BCUT2D eigenvalue weighted by molar-refractivity contribution is -0.0401. The van der Waals surface area contributed by atoms with Crippen LogP contribution in [-0.2, 0) is 4.74 Å². The first-order chi connectivity index (χ1) is 13.0. The summed E-state index contributed by atoms with van der Waals surface area (Å²) in [6.45, 7) is 3.79. The number of carbonyl (C=O) groups is 1. The Hall–Kier alpha value is -2.71. The SMILES string of the molecule is Cc1ccc(OCC2CN(C(=O)c3ccc(NC(N)=S)cc3)CCO2)cn1. The second-order valence-electron chi connectivity index (χ2n) is 6.26. The van der Waals surface area contributed by atoms with Gasteiger partial charge >= 0.3 is 0 Å². The first kappa shape index (κ1) is 19.1. The number of thiocarbonyl (C=S) groups is 1. The summed E-state index contributed by atoms with van der Waals surface area (Å²) < 4.78 is 11.5. The van der Waals surface area contributed by atoms with Crippen LogP contribution in [0.1, 0.15) is 16.1 Å². The molecule has 1 unspecified atom stereocenters. The predicted octanol–water partition coefficient (Wildman–Crippen LogP) is 1.97. The Morgan fingerprint density at radius 2 is 2.15 bits per heavy atom. The molecule has 7 nitrogen and oxygen atoms in total. The van der Waals surface area contributed by atoms with Gasteiger partial charge in [-0.1, -0.05) is 0 Å². The number of nitrogens with one attached hydrogen (secondary N) is 1. The molecule has 0 bridgehead atoms. The molecule has 0 spiro atoms. The average molecular weight is 386 g/mol. The lowest BCUT2D eigenvalue weighted by atomic mass is 10.1. The standard InChI is InChI=1S/C19H22N4O3S/c1-13-2-7-16(10-21-13)26-12-17-11-23(8-9-25-17)18(24)14-3-5-15(6-4-14)22-19(20)27/h2-7,10,17H,8-9,11-12H2,1H3,(H3,20,22,27). The van der Waals surface area contributed by atoms with Crippen molar-refractivity contribution in [2.45, 2.75) is 13.0 Å². The lowest BCUT2D eigenvalue weighted by Gasteiger charge is -2.33. The van der Waals surface area contributed by atoms with Crippen molar-refractivity contribution in [3.05, 3.63) is 53.9 Å². The molecule has 1 saturated heterocycles. The minimum absolute atomic E-state index is 0.0397. The maximum atomic E-state index is 12.7. The molecular formula is C19H22N4O3S. The van der Waals surface area contributed by atoms with E-state index in [1.54, 1.807) is 35.4 Å². The number of morpholine rings is 1. The van der Waals surface area contributed by atoms with Gasteiger partial charge in [0.2, 0.25) is 0 Å². The van der Waals surface area contributed by atoms with E-state index in [4.69, 9.17) is 27.4 Å². The van der Waals surface area contributed by atoms with Crippen molar-refractivity contribution in [1.82, 2.24) is 9.88 Å². The number of hydrogen-bond acceptors (Lipinski definition) is 5. The van der Waals surface area contributed by atoms with Crippen LogP contribution in [-0.4, -0.2) is 53.3 Å². The number of hydrogen-bond donors (Lipinski definition) is 2. The van der Waals surface area contributed by atoms with Crippen molar-refractivity contribution in [2.75, 3.05) is 31.6 Å². The summed E-state index contributed by atoms with van der Waals surface area (Å²) in [5, 5.41) is 3.02. The Balaban J connectivity index is 1.55. The minimum Gasteiger partial charge on any atom is -0.489 e. The van der Waals surface area contributed by atoms with Crippen molar-refractivity contribution >= 4 is 28.9 Å². The zero-order valence-corrected chi connectivity index (χ0v) is 15.9. The van der Waals surface area contributed by atoms with Gasteiger partial charge in [-0.3, -0.25) is 9.78 Å². The normalized spacial score (nSPS) is 16.6. The zero-order valence-electron chi connectivity index (χ0n) is 15.1. The van der Waals surface area contributed by atoms with E-state index >= 15 is 0 Å². The Kier molecular flexibility index (Phi) is 6.20. The highest BCUT2D eigenvalue weighted by atomic mass is 32.1. The van der Waals surface area contributed by atoms with Gasteiger partial charge in [0.1, 0.15) is 18.5 Å². The number of rotatable bonds is 5. The lowest BCUT2D eigenvalue weighted by Crippen LogP contribution is -2.47. The van der Waals surface area contributed by atoms with Crippen molar-refractivity contribution in [1.29, 1.82) is 0 Å². The average Bonchev–Trinajstić information content (AvgIpc) is 2.67.